The number of hydrogen-bond donors (Lipinski definition) is 1. The van der Waals surface area contributed by atoms with Crippen LogP contribution in [0.25, 0.3) is 0 Å². The lowest BCUT2D eigenvalue weighted by Crippen LogP contribution is -2.08. The lowest BCUT2D eigenvalue weighted by Gasteiger charge is -2.09. The van der Waals surface area contributed by atoms with Gasteiger partial charge in [-0.05, 0) is 31.2 Å². The van der Waals surface area contributed by atoms with Gasteiger partial charge >= 0.3 is 6.18 Å². The molecular weight excluding hydrogens is 243 g/mol. The van der Waals surface area contributed by atoms with Gasteiger partial charge in [0.1, 0.15) is 11.5 Å². The Balaban J connectivity index is 2.25. The van der Waals surface area contributed by atoms with E-state index in [9.17, 15) is 13.2 Å². The molecule has 0 aliphatic carbocycles. The number of alkyl halides is 3. The molecule has 0 aliphatic rings. The van der Waals surface area contributed by atoms with Crippen molar-refractivity contribution >= 4 is 11.5 Å². The smallest absolute Gasteiger partial charge is 0.340 e. The summed E-state index contributed by atoms with van der Waals surface area (Å²) in [5, 5.41) is 2.81. The van der Waals surface area contributed by atoms with Crippen LogP contribution in [0, 0.1) is 6.92 Å². The molecule has 0 radical (unpaired) electrons. The van der Waals surface area contributed by atoms with Gasteiger partial charge in [0.05, 0.1) is 0 Å². The Morgan fingerprint density at radius 3 is 2.61 bits per heavy atom. The summed E-state index contributed by atoms with van der Waals surface area (Å²) in [6, 6.07) is 7.67. The third-order valence-electron chi connectivity index (χ3n) is 2.21. The second-order valence-corrected chi connectivity index (χ2v) is 3.72. The number of aryl methyl sites for hydroxylation is 1. The van der Waals surface area contributed by atoms with Crippen molar-refractivity contribution in [2.45, 2.75) is 13.1 Å². The lowest BCUT2D eigenvalue weighted by molar-refractivity contribution is -0.141. The van der Waals surface area contributed by atoms with Gasteiger partial charge in [0.2, 0.25) is 0 Å². The summed E-state index contributed by atoms with van der Waals surface area (Å²) in [6.45, 7) is 1.80. The van der Waals surface area contributed by atoms with Crippen molar-refractivity contribution in [3.8, 4) is 0 Å². The molecule has 0 aromatic carbocycles. The van der Waals surface area contributed by atoms with Crippen LogP contribution in [0.1, 0.15) is 11.4 Å². The van der Waals surface area contributed by atoms with Crippen LogP contribution in [0.5, 0.6) is 0 Å². The molecule has 0 saturated heterocycles. The molecule has 0 bridgehead atoms. The third-order valence-corrected chi connectivity index (χ3v) is 2.21. The average molecular weight is 253 g/mol. The number of anilines is 2. The number of nitrogens with zero attached hydrogens (tertiary/aromatic N) is 2. The van der Waals surface area contributed by atoms with Crippen LogP contribution >= 0.6 is 0 Å². The van der Waals surface area contributed by atoms with E-state index in [2.05, 4.69) is 15.3 Å². The van der Waals surface area contributed by atoms with Crippen molar-refractivity contribution in [2.75, 3.05) is 5.32 Å². The van der Waals surface area contributed by atoms with E-state index in [1.54, 1.807) is 25.1 Å². The molecule has 2 aromatic heterocycles. The zero-order valence-electron chi connectivity index (χ0n) is 9.49. The number of nitrogens with one attached hydrogen (secondary N) is 1. The predicted octanol–water partition coefficient (Wildman–Crippen LogP) is 3.55. The first-order chi connectivity index (χ1) is 8.45. The number of hydrogen-bond acceptors (Lipinski definition) is 3. The zero-order chi connectivity index (χ0) is 13.2. The largest absolute Gasteiger partial charge is 0.433 e. The fraction of sp³-hybridized carbons (Fsp3) is 0.167. The molecule has 0 spiro atoms. The molecule has 0 amide bonds. The molecule has 0 atom stereocenters. The topological polar surface area (TPSA) is 37.8 Å². The van der Waals surface area contributed by atoms with Crippen molar-refractivity contribution in [3.63, 3.8) is 0 Å². The highest BCUT2D eigenvalue weighted by Crippen LogP contribution is 2.29. The van der Waals surface area contributed by atoms with Gasteiger partial charge in [-0.3, -0.25) is 4.98 Å². The molecule has 0 fully saturated rings. The van der Waals surface area contributed by atoms with E-state index in [4.69, 9.17) is 0 Å². The van der Waals surface area contributed by atoms with Gasteiger partial charge in [0.15, 0.2) is 0 Å². The van der Waals surface area contributed by atoms with Gasteiger partial charge in [-0.1, -0.05) is 6.07 Å². The maximum Gasteiger partial charge on any atom is 0.433 e. The van der Waals surface area contributed by atoms with E-state index >= 15 is 0 Å². The molecule has 0 saturated carbocycles. The highest BCUT2D eigenvalue weighted by atomic mass is 19.4. The van der Waals surface area contributed by atoms with Crippen LogP contribution < -0.4 is 5.32 Å². The Morgan fingerprint density at radius 2 is 1.94 bits per heavy atom. The van der Waals surface area contributed by atoms with E-state index in [1.807, 2.05) is 0 Å². The van der Waals surface area contributed by atoms with Crippen molar-refractivity contribution in [1.29, 1.82) is 0 Å². The fourth-order valence-electron chi connectivity index (χ4n) is 1.42. The first-order valence-electron chi connectivity index (χ1n) is 5.19. The molecule has 2 aromatic rings. The van der Waals surface area contributed by atoms with Crippen LogP contribution in [0.3, 0.4) is 0 Å². The summed E-state index contributed by atoms with van der Waals surface area (Å²) in [6.07, 6.45) is -3.33. The van der Waals surface area contributed by atoms with Crippen LogP contribution in [0.15, 0.2) is 36.5 Å². The molecule has 94 valence electrons. The molecule has 18 heavy (non-hydrogen) atoms. The Hall–Kier alpha value is -2.11. The van der Waals surface area contributed by atoms with Gasteiger partial charge in [-0.15, -0.1) is 0 Å². The zero-order valence-corrected chi connectivity index (χ0v) is 9.49. The number of rotatable bonds is 2. The van der Waals surface area contributed by atoms with Crippen molar-refractivity contribution in [1.82, 2.24) is 9.97 Å². The quantitative estimate of drug-likeness (QED) is 0.889. The van der Waals surface area contributed by atoms with Crippen LogP contribution in [-0.2, 0) is 6.18 Å². The number of halogens is 3. The minimum atomic E-state index is -4.45. The van der Waals surface area contributed by atoms with Crippen LogP contribution in [0.2, 0.25) is 0 Å². The van der Waals surface area contributed by atoms with Gasteiger partial charge in [0, 0.05) is 17.6 Å². The van der Waals surface area contributed by atoms with E-state index in [-0.39, 0.29) is 0 Å². The van der Waals surface area contributed by atoms with Gasteiger partial charge in [0.25, 0.3) is 0 Å². The van der Waals surface area contributed by atoms with Crippen molar-refractivity contribution in [2.24, 2.45) is 0 Å². The predicted molar refractivity (Wildman–Crippen MR) is 61.5 cm³/mol. The monoisotopic (exact) mass is 253 g/mol. The van der Waals surface area contributed by atoms with Gasteiger partial charge in [-0.2, -0.15) is 13.2 Å². The highest BCUT2D eigenvalue weighted by Gasteiger charge is 2.32. The molecule has 0 unspecified atom stereocenters. The third kappa shape index (κ3) is 2.97. The summed E-state index contributed by atoms with van der Waals surface area (Å²) in [7, 11) is 0. The summed E-state index contributed by atoms with van der Waals surface area (Å²) < 4.78 is 37.4. The molecule has 3 nitrogen and oxygen atoms in total. The van der Waals surface area contributed by atoms with Gasteiger partial charge in [-0.25, -0.2) is 4.98 Å². The number of pyridine rings is 2. The summed E-state index contributed by atoms with van der Waals surface area (Å²) in [5.41, 5.74) is 0.153. The molecular formula is C12H10F3N3. The molecule has 2 heterocycles. The molecule has 1 N–H and O–H groups in total. The van der Waals surface area contributed by atoms with Crippen LogP contribution in [-0.4, -0.2) is 9.97 Å². The SMILES string of the molecule is Cc1cccc(Nc2ccnc(C(F)(F)F)c2)n1. The maximum absolute atomic E-state index is 12.5. The maximum atomic E-state index is 12.5. The summed E-state index contributed by atoms with van der Waals surface area (Å²) >= 11 is 0. The molecule has 6 heteroatoms. The van der Waals surface area contributed by atoms with Gasteiger partial charge < -0.3 is 5.32 Å². The summed E-state index contributed by atoms with van der Waals surface area (Å²) in [5.74, 6) is 0.495. The van der Waals surface area contributed by atoms with E-state index < -0.39 is 11.9 Å². The first-order valence-corrected chi connectivity index (χ1v) is 5.19. The normalized spacial score (nSPS) is 11.3. The Labute approximate surface area is 102 Å². The Kier molecular flexibility index (Phi) is 3.18. The Morgan fingerprint density at radius 1 is 1.17 bits per heavy atom. The second-order valence-electron chi connectivity index (χ2n) is 3.72. The van der Waals surface area contributed by atoms with E-state index in [0.717, 1.165) is 18.0 Å². The Bertz CT molecular complexity index is 552. The molecule has 2 rings (SSSR count). The minimum absolute atomic E-state index is 0.301. The van der Waals surface area contributed by atoms with E-state index in [1.165, 1.54) is 6.07 Å². The van der Waals surface area contributed by atoms with E-state index in [0.29, 0.717) is 11.5 Å². The first kappa shape index (κ1) is 12.3. The fourth-order valence-corrected chi connectivity index (χ4v) is 1.42. The number of aromatic nitrogens is 2. The van der Waals surface area contributed by atoms with Crippen LogP contribution in [0.4, 0.5) is 24.7 Å². The minimum Gasteiger partial charge on any atom is -0.340 e. The second kappa shape index (κ2) is 4.64. The molecule has 0 aliphatic heterocycles. The summed E-state index contributed by atoms with van der Waals surface area (Å²) in [4.78, 5) is 7.43. The lowest BCUT2D eigenvalue weighted by atomic mass is 10.3. The highest BCUT2D eigenvalue weighted by molar-refractivity contribution is 5.56. The van der Waals surface area contributed by atoms with Crippen molar-refractivity contribution in [3.05, 3.63) is 47.9 Å². The average Bonchev–Trinajstić information content (AvgIpc) is 2.28. The standard InChI is InChI=1S/C12H10F3N3/c1-8-3-2-4-11(17-8)18-9-5-6-16-10(7-9)12(13,14)15/h2-7H,1H3,(H,16,17,18). The van der Waals surface area contributed by atoms with Crippen molar-refractivity contribution < 1.29 is 13.2 Å².